The van der Waals surface area contributed by atoms with E-state index >= 15 is 0 Å². The topological polar surface area (TPSA) is 45.0 Å². The number of hydrogen-bond donors (Lipinski definition) is 0. The molecule has 0 saturated carbocycles. The van der Waals surface area contributed by atoms with Crippen LogP contribution in [0.4, 0.5) is 5.69 Å². The van der Waals surface area contributed by atoms with Crippen LogP contribution < -0.4 is 5.12 Å². The Kier molecular flexibility index (Phi) is 3.57. The van der Waals surface area contributed by atoms with Crippen LogP contribution in [0.5, 0.6) is 0 Å². The van der Waals surface area contributed by atoms with Gasteiger partial charge in [-0.15, -0.1) is 0 Å². The molecule has 0 fully saturated rings. The number of carbonyl (C=O) groups excluding carboxylic acids is 1. The van der Waals surface area contributed by atoms with E-state index in [1.54, 1.807) is 12.1 Å². The van der Waals surface area contributed by atoms with Gasteiger partial charge in [0.2, 0.25) is 0 Å². The zero-order valence-electron chi connectivity index (χ0n) is 8.27. The van der Waals surface area contributed by atoms with Gasteiger partial charge >= 0.3 is 0 Å². The number of anilines is 1. The van der Waals surface area contributed by atoms with Gasteiger partial charge in [0.15, 0.2) is 0 Å². The molecule has 1 rings (SSSR count). The van der Waals surface area contributed by atoms with E-state index in [1.165, 1.54) is 0 Å². The third-order valence-electron chi connectivity index (χ3n) is 1.85. The van der Waals surface area contributed by atoms with Gasteiger partial charge in [0, 0.05) is 13.4 Å². The first-order chi connectivity index (χ1) is 7.10. The van der Waals surface area contributed by atoms with Crippen molar-refractivity contribution in [2.45, 2.75) is 6.92 Å². The summed E-state index contributed by atoms with van der Waals surface area (Å²) in [6.07, 6.45) is 0. The highest BCUT2D eigenvalue weighted by molar-refractivity contribution is 6.68. The molecule has 0 unspecified atom stereocenters. The van der Waals surface area contributed by atoms with Gasteiger partial charge in [0.25, 0.3) is 5.24 Å². The van der Waals surface area contributed by atoms with E-state index in [0.717, 1.165) is 10.7 Å². The van der Waals surface area contributed by atoms with Crippen molar-refractivity contribution in [3.63, 3.8) is 0 Å². The highest BCUT2D eigenvalue weighted by Crippen LogP contribution is 2.23. The number of hydrazone groups is 2. The lowest BCUT2D eigenvalue weighted by atomic mass is 10.1. The Bertz CT molecular complexity index is 409. The summed E-state index contributed by atoms with van der Waals surface area (Å²) in [5.74, 6) is 0. The van der Waals surface area contributed by atoms with Crippen molar-refractivity contribution >= 4 is 36.0 Å². The molecular formula is C10H10ClN3O. The van der Waals surface area contributed by atoms with Gasteiger partial charge < -0.3 is 0 Å². The van der Waals surface area contributed by atoms with E-state index < -0.39 is 5.24 Å². The van der Waals surface area contributed by atoms with E-state index in [1.807, 2.05) is 13.0 Å². The lowest BCUT2D eigenvalue weighted by molar-refractivity contribution is 0.108. The van der Waals surface area contributed by atoms with Crippen LogP contribution >= 0.6 is 11.6 Å². The largest absolute Gasteiger partial charge is 0.276 e. The normalized spacial score (nSPS) is 9.47. The molecule has 4 nitrogen and oxygen atoms in total. The van der Waals surface area contributed by atoms with Crippen LogP contribution in [0.2, 0.25) is 0 Å². The molecule has 0 aliphatic heterocycles. The Hall–Kier alpha value is -1.68. The maximum atomic E-state index is 11.2. The van der Waals surface area contributed by atoms with Crippen molar-refractivity contribution in [1.29, 1.82) is 0 Å². The quantitative estimate of drug-likeness (QED) is 0.447. The number of hydrogen-bond acceptors (Lipinski definition) is 4. The molecule has 0 aromatic heterocycles. The van der Waals surface area contributed by atoms with Crippen LogP contribution in [0, 0.1) is 6.92 Å². The summed E-state index contributed by atoms with van der Waals surface area (Å²) >= 11 is 5.45. The van der Waals surface area contributed by atoms with Gasteiger partial charge in [-0.25, -0.2) is 0 Å². The summed E-state index contributed by atoms with van der Waals surface area (Å²) in [7, 11) is 0. The van der Waals surface area contributed by atoms with Crippen LogP contribution in [0.3, 0.4) is 0 Å². The number of benzene rings is 1. The van der Waals surface area contributed by atoms with Crippen molar-refractivity contribution < 1.29 is 4.79 Å². The lowest BCUT2D eigenvalue weighted by Gasteiger charge is -2.14. The molecule has 78 valence electrons. The van der Waals surface area contributed by atoms with Gasteiger partial charge in [-0.1, -0.05) is 11.6 Å². The van der Waals surface area contributed by atoms with E-state index in [9.17, 15) is 4.79 Å². The Morgan fingerprint density at radius 3 is 2.47 bits per heavy atom. The average molecular weight is 224 g/mol. The number of nitrogens with zero attached hydrogens (tertiary/aromatic N) is 3. The maximum absolute atomic E-state index is 11.2. The third-order valence-corrected chi connectivity index (χ3v) is 2.05. The van der Waals surface area contributed by atoms with E-state index in [-0.39, 0.29) is 0 Å². The van der Waals surface area contributed by atoms with Crippen molar-refractivity contribution in [1.82, 2.24) is 0 Å². The van der Waals surface area contributed by atoms with Gasteiger partial charge in [-0.05, 0) is 30.7 Å². The Labute approximate surface area is 92.8 Å². The number of halogens is 1. The third kappa shape index (κ3) is 2.41. The molecule has 0 atom stereocenters. The zero-order valence-corrected chi connectivity index (χ0v) is 9.03. The predicted molar refractivity (Wildman–Crippen MR) is 62.9 cm³/mol. The minimum Gasteiger partial charge on any atom is -0.276 e. The second-order valence-electron chi connectivity index (χ2n) is 2.87. The van der Waals surface area contributed by atoms with Crippen molar-refractivity contribution in [2.75, 3.05) is 5.12 Å². The average Bonchev–Trinajstić information content (AvgIpc) is 2.21. The predicted octanol–water partition coefficient (Wildman–Crippen LogP) is 2.41. The van der Waals surface area contributed by atoms with Crippen LogP contribution in [0.1, 0.15) is 15.9 Å². The van der Waals surface area contributed by atoms with Crippen LogP contribution in [-0.4, -0.2) is 18.7 Å². The van der Waals surface area contributed by atoms with Crippen molar-refractivity contribution in [2.24, 2.45) is 10.2 Å². The second-order valence-corrected chi connectivity index (χ2v) is 3.21. The minimum absolute atomic E-state index is 0.330. The summed E-state index contributed by atoms with van der Waals surface area (Å²) < 4.78 is 0. The van der Waals surface area contributed by atoms with Gasteiger partial charge in [-0.3, -0.25) is 4.79 Å². The highest BCUT2D eigenvalue weighted by atomic mass is 35.5. The molecule has 0 aliphatic rings. The fourth-order valence-corrected chi connectivity index (χ4v) is 1.33. The molecule has 15 heavy (non-hydrogen) atoms. The van der Waals surface area contributed by atoms with Crippen LogP contribution in [0.25, 0.3) is 0 Å². The van der Waals surface area contributed by atoms with E-state index in [4.69, 9.17) is 11.6 Å². The highest BCUT2D eigenvalue weighted by Gasteiger charge is 2.13. The molecule has 0 heterocycles. The molecule has 1 aromatic carbocycles. The Balaban J connectivity index is 3.33. The number of aryl methyl sites for hydroxylation is 1. The summed E-state index contributed by atoms with van der Waals surface area (Å²) in [6.45, 7) is 8.50. The lowest BCUT2D eigenvalue weighted by Crippen LogP contribution is -2.10. The Morgan fingerprint density at radius 2 is 2.00 bits per heavy atom. The first-order valence-electron chi connectivity index (χ1n) is 4.14. The first kappa shape index (κ1) is 11.4. The molecule has 1 aromatic rings. The van der Waals surface area contributed by atoms with Crippen LogP contribution in [0.15, 0.2) is 28.4 Å². The molecule has 0 spiro atoms. The summed E-state index contributed by atoms with van der Waals surface area (Å²) in [5, 5.41) is 7.77. The first-order valence-corrected chi connectivity index (χ1v) is 4.52. The molecule has 0 saturated heterocycles. The molecular weight excluding hydrogens is 214 g/mol. The molecule has 0 N–H and O–H groups in total. The monoisotopic (exact) mass is 223 g/mol. The van der Waals surface area contributed by atoms with E-state index in [0.29, 0.717) is 11.3 Å². The molecule has 0 radical (unpaired) electrons. The smallest absolute Gasteiger partial charge is 0.254 e. The summed E-state index contributed by atoms with van der Waals surface area (Å²) in [4.78, 5) is 11.2. The Morgan fingerprint density at radius 1 is 1.40 bits per heavy atom. The summed E-state index contributed by atoms with van der Waals surface area (Å²) in [5.41, 5.74) is 1.72. The number of rotatable bonds is 4. The minimum atomic E-state index is -0.564. The van der Waals surface area contributed by atoms with Gasteiger partial charge in [0.05, 0.1) is 11.3 Å². The SMILES string of the molecule is C=NN(N=C)c1ccc(C)cc1C(=O)Cl. The fraction of sp³-hybridized carbons (Fsp3) is 0.100. The van der Waals surface area contributed by atoms with Gasteiger partial charge in [-0.2, -0.15) is 15.3 Å². The van der Waals surface area contributed by atoms with Gasteiger partial charge in [0.1, 0.15) is 0 Å². The van der Waals surface area contributed by atoms with Crippen molar-refractivity contribution in [3.8, 4) is 0 Å². The molecule has 5 heteroatoms. The van der Waals surface area contributed by atoms with Crippen molar-refractivity contribution in [3.05, 3.63) is 29.3 Å². The molecule has 0 bridgehead atoms. The van der Waals surface area contributed by atoms with Crippen LogP contribution in [-0.2, 0) is 0 Å². The fourth-order valence-electron chi connectivity index (χ4n) is 1.18. The van der Waals surface area contributed by atoms with E-state index in [2.05, 4.69) is 23.6 Å². The molecule has 0 amide bonds. The standard InChI is InChI=1S/C10H10ClN3O/c1-7-4-5-9(14(12-2)13-3)8(6-7)10(11)15/h4-6H,2-3H2,1H3. The maximum Gasteiger partial charge on any atom is 0.254 e. The summed E-state index contributed by atoms with van der Waals surface area (Å²) in [6, 6.07) is 5.17. The zero-order chi connectivity index (χ0) is 11.4. The second kappa shape index (κ2) is 4.70. The molecule has 0 aliphatic carbocycles. The number of carbonyl (C=O) groups is 1.